The number of rotatable bonds is 9. The Bertz CT molecular complexity index is 2530. The van der Waals surface area contributed by atoms with E-state index < -0.39 is 5.97 Å². The van der Waals surface area contributed by atoms with E-state index in [9.17, 15) is 29.4 Å². The minimum Gasteiger partial charge on any atom is -0.504 e. The van der Waals surface area contributed by atoms with Crippen LogP contribution in [-0.2, 0) is 22.4 Å². The van der Waals surface area contributed by atoms with Crippen molar-refractivity contribution >= 4 is 35.4 Å². The summed E-state index contributed by atoms with van der Waals surface area (Å²) in [6, 6.07) is 13.6. The number of phenols is 2. The number of phenolic OH excluding ortho intramolecular Hbond substituents is 2. The smallest absolute Gasteiger partial charge is 0.306 e. The fourth-order valence-corrected chi connectivity index (χ4v) is 9.33. The van der Waals surface area contributed by atoms with Gasteiger partial charge in [-0.05, 0) is 133 Å². The highest BCUT2D eigenvalue weighted by Crippen LogP contribution is 2.51. The van der Waals surface area contributed by atoms with Gasteiger partial charge in [0, 0.05) is 23.1 Å². The van der Waals surface area contributed by atoms with Crippen LogP contribution < -0.4 is 40.9 Å². The van der Waals surface area contributed by atoms with Gasteiger partial charge in [0.05, 0.1) is 50.2 Å². The Morgan fingerprint density at radius 3 is 1.52 bits per heavy atom. The van der Waals surface area contributed by atoms with E-state index >= 15 is 0 Å². The SMILES string of the molecule is CC1CC1C(=O)O.COc1cc2c(c(O)c1OC)-c1ccc(SC)c(=O)cc1[C@@H](N)CC2.COc1cc2c(c(O)c1OC)-c1ccc(SC)c(=O)cc1[C@@H](NC(=O)C1CC1C)CC2. The number of aryl methyl sites for hydroxylation is 2. The zero-order valence-corrected chi connectivity index (χ0v) is 38.5. The lowest BCUT2D eigenvalue weighted by Gasteiger charge is -2.19. The molecule has 6 N–H and O–H groups in total. The van der Waals surface area contributed by atoms with Gasteiger partial charge < -0.3 is 45.3 Å². The molecule has 0 aromatic heterocycles. The highest BCUT2D eigenvalue weighted by atomic mass is 32.2. The summed E-state index contributed by atoms with van der Waals surface area (Å²) in [5, 5.41) is 33.4. The molecule has 2 saturated carbocycles. The molecule has 15 heteroatoms. The first-order valence-electron chi connectivity index (χ1n) is 20.8. The molecule has 0 radical (unpaired) electrons. The van der Waals surface area contributed by atoms with Crippen LogP contribution in [0.15, 0.2) is 67.9 Å². The number of methoxy groups -OCH3 is 4. The Kier molecular flexibility index (Phi) is 14.9. The van der Waals surface area contributed by atoms with Gasteiger partial charge in [0.15, 0.2) is 33.9 Å². The molecule has 0 heterocycles. The average molecular weight is 901 g/mol. The maximum Gasteiger partial charge on any atom is 0.306 e. The van der Waals surface area contributed by atoms with Crippen molar-refractivity contribution in [3.8, 4) is 56.8 Å². The van der Waals surface area contributed by atoms with Gasteiger partial charge in [-0.3, -0.25) is 19.2 Å². The fraction of sp³-hybridized carbons (Fsp3) is 0.417. The third-order valence-corrected chi connectivity index (χ3v) is 13.9. The van der Waals surface area contributed by atoms with Crippen molar-refractivity contribution in [1.29, 1.82) is 0 Å². The summed E-state index contributed by atoms with van der Waals surface area (Å²) >= 11 is 2.77. The van der Waals surface area contributed by atoms with Crippen molar-refractivity contribution in [3.63, 3.8) is 0 Å². The van der Waals surface area contributed by atoms with Gasteiger partial charge in [-0.2, -0.15) is 0 Å². The minimum absolute atomic E-state index is 0.0107. The highest BCUT2D eigenvalue weighted by Gasteiger charge is 2.41. The quantitative estimate of drug-likeness (QED) is 0.102. The van der Waals surface area contributed by atoms with Gasteiger partial charge >= 0.3 is 5.97 Å². The van der Waals surface area contributed by atoms with E-state index in [4.69, 9.17) is 29.8 Å². The number of hydrogen-bond acceptors (Lipinski definition) is 13. The van der Waals surface area contributed by atoms with Gasteiger partial charge in [-0.15, -0.1) is 23.5 Å². The molecule has 336 valence electrons. The van der Waals surface area contributed by atoms with Crippen LogP contribution in [0.3, 0.4) is 0 Å². The summed E-state index contributed by atoms with van der Waals surface area (Å²) in [5.74, 6) is 1.69. The number of hydrogen-bond donors (Lipinski definition) is 5. The topological polar surface area (TPSA) is 204 Å². The molecule has 4 unspecified atom stereocenters. The highest BCUT2D eigenvalue weighted by molar-refractivity contribution is 7.98. The summed E-state index contributed by atoms with van der Waals surface area (Å²) in [4.78, 5) is 49.2. The zero-order chi connectivity index (χ0) is 45.9. The van der Waals surface area contributed by atoms with Crippen molar-refractivity contribution in [1.82, 2.24) is 5.32 Å². The summed E-state index contributed by atoms with van der Waals surface area (Å²) in [6.45, 7) is 4.02. The molecule has 0 spiro atoms. The van der Waals surface area contributed by atoms with Crippen LogP contribution in [-0.4, -0.2) is 68.1 Å². The number of carbonyl (C=O) groups is 2. The number of carboxylic acid groups (broad SMARTS) is 1. The molecule has 8 rings (SSSR count). The number of aliphatic carboxylic acids is 1. The maximum absolute atomic E-state index is 12.8. The van der Waals surface area contributed by atoms with E-state index in [-0.39, 0.29) is 63.7 Å². The predicted octanol–water partition coefficient (Wildman–Crippen LogP) is 7.75. The molecular weight excluding hydrogens is 845 g/mol. The lowest BCUT2D eigenvalue weighted by atomic mass is 9.95. The van der Waals surface area contributed by atoms with Crippen LogP contribution in [0.5, 0.6) is 34.5 Å². The minimum atomic E-state index is -0.632. The van der Waals surface area contributed by atoms with E-state index in [1.165, 1.54) is 52.0 Å². The molecule has 4 aromatic rings. The number of nitrogens with two attached hydrogens (primary N) is 1. The molecule has 4 aliphatic carbocycles. The largest absolute Gasteiger partial charge is 0.504 e. The molecular formula is C48H56N2O11S2. The van der Waals surface area contributed by atoms with Crippen LogP contribution >= 0.6 is 23.5 Å². The molecule has 0 aliphatic heterocycles. The number of aromatic hydroxyl groups is 2. The fourth-order valence-electron chi connectivity index (χ4n) is 8.40. The zero-order valence-electron chi connectivity index (χ0n) is 36.8. The second-order valence-electron chi connectivity index (χ2n) is 16.3. The van der Waals surface area contributed by atoms with Crippen molar-refractivity contribution < 1.29 is 43.9 Å². The van der Waals surface area contributed by atoms with Gasteiger partial charge in [-0.1, -0.05) is 26.0 Å². The number of thioether (sulfide) groups is 2. The molecule has 0 saturated heterocycles. The van der Waals surface area contributed by atoms with Crippen LogP contribution in [0.4, 0.5) is 0 Å². The number of fused-ring (bicyclic) bond motifs is 6. The molecule has 2 fully saturated rings. The summed E-state index contributed by atoms with van der Waals surface area (Å²) < 4.78 is 21.5. The first-order chi connectivity index (χ1) is 30.1. The van der Waals surface area contributed by atoms with E-state index in [0.717, 1.165) is 40.7 Å². The van der Waals surface area contributed by atoms with Gasteiger partial charge in [-0.25, -0.2) is 0 Å². The summed E-state index contributed by atoms with van der Waals surface area (Å²) in [5.41, 5.74) is 12.2. The average Bonchev–Trinajstić information content (AvgIpc) is 4.20. The second kappa shape index (κ2) is 20.0. The van der Waals surface area contributed by atoms with Gasteiger partial charge in [0.1, 0.15) is 0 Å². The van der Waals surface area contributed by atoms with Crippen LogP contribution in [0, 0.1) is 23.7 Å². The van der Waals surface area contributed by atoms with Crippen molar-refractivity contribution in [3.05, 3.63) is 91.2 Å². The second-order valence-corrected chi connectivity index (χ2v) is 18.0. The normalized spacial score (nSPS) is 21.0. The summed E-state index contributed by atoms with van der Waals surface area (Å²) in [7, 11) is 6.03. The number of carbonyl (C=O) groups excluding carboxylic acids is 1. The van der Waals surface area contributed by atoms with E-state index in [1.54, 1.807) is 24.3 Å². The van der Waals surface area contributed by atoms with Gasteiger partial charge in [0.2, 0.25) is 17.4 Å². The lowest BCUT2D eigenvalue weighted by molar-refractivity contribution is -0.138. The number of amides is 1. The van der Waals surface area contributed by atoms with Crippen molar-refractivity contribution in [2.45, 2.75) is 74.2 Å². The Morgan fingerprint density at radius 1 is 0.683 bits per heavy atom. The number of benzene rings is 2. The van der Waals surface area contributed by atoms with Crippen molar-refractivity contribution in [2.24, 2.45) is 29.4 Å². The third-order valence-electron chi connectivity index (χ3n) is 12.3. The molecule has 63 heavy (non-hydrogen) atoms. The van der Waals surface area contributed by atoms with Crippen molar-refractivity contribution in [2.75, 3.05) is 41.0 Å². The van der Waals surface area contributed by atoms with Gasteiger partial charge in [0.25, 0.3) is 0 Å². The monoisotopic (exact) mass is 900 g/mol. The Hall–Kier alpha value is -5.38. The first-order valence-corrected chi connectivity index (χ1v) is 23.2. The Balaban J connectivity index is 0.000000184. The molecule has 4 aliphatic rings. The number of ether oxygens (including phenoxy) is 4. The first kappa shape index (κ1) is 47.1. The van der Waals surface area contributed by atoms with Crippen LogP contribution in [0.1, 0.15) is 73.9 Å². The number of nitrogens with one attached hydrogen (secondary N) is 1. The molecule has 4 aromatic carbocycles. The number of carboxylic acids is 1. The van der Waals surface area contributed by atoms with E-state index in [2.05, 4.69) is 12.2 Å². The van der Waals surface area contributed by atoms with E-state index in [0.29, 0.717) is 75.5 Å². The molecule has 1 amide bonds. The third kappa shape index (κ3) is 9.90. The molecule has 6 atom stereocenters. The summed E-state index contributed by atoms with van der Waals surface area (Å²) in [6.07, 6.45) is 8.06. The Morgan fingerprint density at radius 2 is 1.13 bits per heavy atom. The lowest BCUT2D eigenvalue weighted by Crippen LogP contribution is -2.30. The van der Waals surface area contributed by atoms with Crippen LogP contribution in [0.2, 0.25) is 0 Å². The van der Waals surface area contributed by atoms with Crippen LogP contribution in [0.25, 0.3) is 22.3 Å². The predicted molar refractivity (Wildman–Crippen MR) is 246 cm³/mol. The Labute approximate surface area is 375 Å². The van der Waals surface area contributed by atoms with E-state index in [1.807, 2.05) is 43.7 Å². The standard InChI is InChI=1S/C24H27NO5S.C19H21NO4S.C5H8O2/c1-12-9-15(12)24(28)25-17-7-5-13-10-19(29-2)23(30-3)22(27)21(13)14-6-8-20(31-4)18(26)11-16(14)17;1-23-15-8-10-4-6-13(20)12-9-14(21)16(25-3)7-5-11(12)17(10)18(22)19(15)24-2;1-3-2-4(3)5(6)7/h6,8,10-12,15,17,27H,5,7,9H2,1-4H3,(H,25,28);5,7-9,13,22H,4,6,20H2,1-3H3;3-4H,2H2,1H3,(H,6,7)/t12?,15?,17-;13-;/m00./s1. The molecule has 0 bridgehead atoms. The maximum atomic E-state index is 12.8. The molecule has 13 nitrogen and oxygen atoms in total.